The molecule has 1 rings (SSSR count). The molecule has 0 aliphatic rings. The van der Waals surface area contributed by atoms with Crippen molar-refractivity contribution in [2.24, 2.45) is 5.73 Å². The topological polar surface area (TPSA) is 55.5 Å². The van der Waals surface area contributed by atoms with E-state index < -0.39 is 0 Å². The van der Waals surface area contributed by atoms with Crippen molar-refractivity contribution in [3.63, 3.8) is 0 Å². The highest BCUT2D eigenvalue weighted by molar-refractivity contribution is 9.10. The Hall–Kier alpha value is -0.740. The molecule has 4 heteroatoms. The van der Waals surface area contributed by atoms with Crippen molar-refractivity contribution in [1.82, 2.24) is 0 Å². The maximum atomic E-state index is 9.88. The molecule has 0 amide bonds. The molecule has 3 nitrogen and oxygen atoms in total. The summed E-state index contributed by atoms with van der Waals surface area (Å²) in [5, 5.41) is 9.88. The second-order valence-electron chi connectivity index (χ2n) is 3.33. The molecule has 0 spiro atoms. The Morgan fingerprint density at radius 3 is 2.73 bits per heavy atom. The fraction of sp³-hybridized carbons (Fsp3) is 0.455. The lowest BCUT2D eigenvalue weighted by molar-refractivity contribution is 0.368. The largest absolute Gasteiger partial charge is 0.504 e. The van der Waals surface area contributed by atoms with Gasteiger partial charge in [-0.3, -0.25) is 0 Å². The van der Waals surface area contributed by atoms with E-state index in [1.165, 1.54) is 0 Å². The molecular weight excluding hydrogens is 258 g/mol. The minimum absolute atomic E-state index is 0.226. The number of methoxy groups -OCH3 is 1. The van der Waals surface area contributed by atoms with E-state index in [-0.39, 0.29) is 5.75 Å². The second kappa shape index (κ2) is 5.98. The van der Waals surface area contributed by atoms with Gasteiger partial charge in [-0.25, -0.2) is 0 Å². The second-order valence-corrected chi connectivity index (χ2v) is 4.19. The molecule has 0 heterocycles. The van der Waals surface area contributed by atoms with Gasteiger partial charge in [0.05, 0.1) is 11.6 Å². The van der Waals surface area contributed by atoms with Crippen LogP contribution >= 0.6 is 15.9 Å². The van der Waals surface area contributed by atoms with Crippen LogP contribution in [-0.2, 0) is 6.42 Å². The van der Waals surface area contributed by atoms with Gasteiger partial charge in [0.15, 0.2) is 11.5 Å². The number of hydrogen-bond acceptors (Lipinski definition) is 3. The lowest BCUT2D eigenvalue weighted by atomic mass is 10.1. The molecular formula is C11H16BrNO2. The van der Waals surface area contributed by atoms with Gasteiger partial charge in [0.2, 0.25) is 0 Å². The quantitative estimate of drug-likeness (QED) is 0.811. The van der Waals surface area contributed by atoms with Crippen LogP contribution in [0.4, 0.5) is 0 Å². The summed E-state index contributed by atoms with van der Waals surface area (Å²) in [4.78, 5) is 0. The van der Waals surface area contributed by atoms with E-state index in [0.717, 1.165) is 29.3 Å². The first-order valence-electron chi connectivity index (χ1n) is 4.95. The van der Waals surface area contributed by atoms with Crippen molar-refractivity contribution in [1.29, 1.82) is 0 Å². The number of aromatic hydroxyl groups is 1. The van der Waals surface area contributed by atoms with Crippen molar-refractivity contribution in [3.05, 3.63) is 22.2 Å². The zero-order chi connectivity index (χ0) is 11.3. The zero-order valence-corrected chi connectivity index (χ0v) is 10.4. The van der Waals surface area contributed by atoms with Crippen LogP contribution in [0, 0.1) is 0 Å². The van der Waals surface area contributed by atoms with Gasteiger partial charge >= 0.3 is 0 Å². The molecule has 0 aromatic heterocycles. The van der Waals surface area contributed by atoms with E-state index in [0.29, 0.717) is 12.3 Å². The normalized spacial score (nSPS) is 10.3. The number of hydrogen-bond donors (Lipinski definition) is 2. The molecule has 84 valence electrons. The molecule has 0 atom stereocenters. The maximum Gasteiger partial charge on any atom is 0.174 e. The van der Waals surface area contributed by atoms with Gasteiger partial charge in [0.1, 0.15) is 0 Å². The molecule has 3 N–H and O–H groups in total. The highest BCUT2D eigenvalue weighted by Gasteiger charge is 2.10. The lowest BCUT2D eigenvalue weighted by Crippen LogP contribution is -1.99. The van der Waals surface area contributed by atoms with Gasteiger partial charge in [-0.2, -0.15) is 0 Å². The molecule has 1 aromatic rings. The van der Waals surface area contributed by atoms with Gasteiger partial charge in [-0.1, -0.05) is 6.07 Å². The highest BCUT2D eigenvalue weighted by atomic mass is 79.9. The summed E-state index contributed by atoms with van der Waals surface area (Å²) < 4.78 is 5.87. The van der Waals surface area contributed by atoms with Crippen LogP contribution in [0.3, 0.4) is 0 Å². The van der Waals surface area contributed by atoms with Crippen LogP contribution in [0.2, 0.25) is 0 Å². The molecule has 0 unspecified atom stereocenters. The first-order valence-corrected chi connectivity index (χ1v) is 5.74. The average Bonchev–Trinajstić information content (AvgIpc) is 2.22. The lowest BCUT2D eigenvalue weighted by Gasteiger charge is -2.10. The predicted molar refractivity (Wildman–Crippen MR) is 64.4 cm³/mol. The van der Waals surface area contributed by atoms with Gasteiger partial charge in [0, 0.05) is 0 Å². The summed E-state index contributed by atoms with van der Waals surface area (Å²) in [7, 11) is 1.55. The number of unbranched alkanes of at least 4 members (excludes halogenated alkanes) is 1. The standard InChI is InChI=1S/C11H16BrNO2/c1-15-11-9(12)6-5-8(10(11)14)4-2-3-7-13/h5-6,14H,2-4,7,13H2,1H3. The SMILES string of the molecule is COc1c(Br)ccc(CCCCN)c1O. The minimum atomic E-state index is 0.226. The van der Waals surface area contributed by atoms with Gasteiger partial charge in [0.25, 0.3) is 0 Å². The fourth-order valence-corrected chi connectivity index (χ4v) is 1.92. The Morgan fingerprint density at radius 2 is 2.13 bits per heavy atom. The summed E-state index contributed by atoms with van der Waals surface area (Å²) in [6.45, 7) is 0.689. The summed E-state index contributed by atoms with van der Waals surface area (Å²) in [6, 6.07) is 3.79. The first-order chi connectivity index (χ1) is 7.20. The van der Waals surface area contributed by atoms with E-state index in [2.05, 4.69) is 15.9 Å². The van der Waals surface area contributed by atoms with Gasteiger partial charge in [-0.15, -0.1) is 0 Å². The van der Waals surface area contributed by atoms with Crippen LogP contribution in [0.25, 0.3) is 0 Å². The monoisotopic (exact) mass is 273 g/mol. The smallest absolute Gasteiger partial charge is 0.174 e. The predicted octanol–water partition coefficient (Wildman–Crippen LogP) is 2.44. The van der Waals surface area contributed by atoms with Crippen LogP contribution < -0.4 is 10.5 Å². The first kappa shape index (κ1) is 12.3. The third kappa shape index (κ3) is 3.11. The number of nitrogens with two attached hydrogens (primary N) is 1. The Bertz CT molecular complexity index is 329. The molecule has 0 saturated heterocycles. The minimum Gasteiger partial charge on any atom is -0.504 e. The summed E-state index contributed by atoms with van der Waals surface area (Å²) in [6.07, 6.45) is 2.78. The van der Waals surface area contributed by atoms with E-state index >= 15 is 0 Å². The third-order valence-electron chi connectivity index (χ3n) is 2.27. The van der Waals surface area contributed by atoms with E-state index in [4.69, 9.17) is 10.5 Å². The number of halogens is 1. The molecule has 0 saturated carbocycles. The Balaban J connectivity index is 2.80. The van der Waals surface area contributed by atoms with Crippen molar-refractivity contribution < 1.29 is 9.84 Å². The third-order valence-corrected chi connectivity index (χ3v) is 2.90. The van der Waals surface area contributed by atoms with Crippen LogP contribution in [0.15, 0.2) is 16.6 Å². The number of rotatable bonds is 5. The van der Waals surface area contributed by atoms with Crippen molar-refractivity contribution in [2.75, 3.05) is 13.7 Å². The Labute approximate surface area is 98.4 Å². The number of phenols is 1. The molecule has 0 aliphatic heterocycles. The van der Waals surface area contributed by atoms with Gasteiger partial charge < -0.3 is 15.6 Å². The maximum absolute atomic E-state index is 9.88. The van der Waals surface area contributed by atoms with Crippen molar-refractivity contribution >= 4 is 15.9 Å². The molecule has 0 bridgehead atoms. The average molecular weight is 274 g/mol. The van der Waals surface area contributed by atoms with E-state index in [1.54, 1.807) is 7.11 Å². The zero-order valence-electron chi connectivity index (χ0n) is 8.79. The number of ether oxygens (including phenoxy) is 1. The molecule has 0 radical (unpaired) electrons. The van der Waals surface area contributed by atoms with E-state index in [1.807, 2.05) is 12.1 Å². The van der Waals surface area contributed by atoms with Crippen LogP contribution in [0.1, 0.15) is 18.4 Å². The van der Waals surface area contributed by atoms with Crippen LogP contribution in [-0.4, -0.2) is 18.8 Å². The van der Waals surface area contributed by atoms with Crippen molar-refractivity contribution in [3.8, 4) is 11.5 Å². The van der Waals surface area contributed by atoms with Crippen molar-refractivity contribution in [2.45, 2.75) is 19.3 Å². The molecule has 0 fully saturated rings. The Morgan fingerprint density at radius 1 is 1.40 bits per heavy atom. The fourth-order valence-electron chi connectivity index (χ4n) is 1.44. The van der Waals surface area contributed by atoms with Crippen LogP contribution in [0.5, 0.6) is 11.5 Å². The summed E-state index contributed by atoms with van der Waals surface area (Å²) in [5.74, 6) is 0.726. The Kier molecular flexibility index (Phi) is 4.91. The summed E-state index contributed by atoms with van der Waals surface area (Å²) >= 11 is 3.32. The molecule has 1 aromatic carbocycles. The number of benzene rings is 1. The van der Waals surface area contributed by atoms with Gasteiger partial charge in [-0.05, 0) is 53.4 Å². The summed E-state index contributed by atoms with van der Waals surface area (Å²) in [5.41, 5.74) is 6.32. The van der Waals surface area contributed by atoms with E-state index in [9.17, 15) is 5.11 Å². The molecule has 0 aliphatic carbocycles. The number of aryl methyl sites for hydroxylation is 1. The number of phenolic OH excluding ortho intramolecular Hbond substituents is 1. The molecule has 15 heavy (non-hydrogen) atoms. The highest BCUT2D eigenvalue weighted by Crippen LogP contribution is 2.37.